The van der Waals surface area contributed by atoms with E-state index in [1.807, 2.05) is 0 Å². The molecule has 1 N–H and O–H groups in total. The molecule has 0 fully saturated rings. The maximum Gasteiger partial charge on any atom is 0.303 e. The van der Waals surface area contributed by atoms with Crippen molar-refractivity contribution < 1.29 is 14.3 Å². The van der Waals surface area contributed by atoms with Crippen molar-refractivity contribution in [2.24, 2.45) is 0 Å². The van der Waals surface area contributed by atoms with Crippen molar-refractivity contribution in [2.75, 3.05) is 0 Å². The number of aryl methyl sites for hydroxylation is 2. The van der Waals surface area contributed by atoms with Crippen LogP contribution in [0.2, 0.25) is 5.02 Å². The Balaban J connectivity index is 2.84. The van der Waals surface area contributed by atoms with E-state index in [1.54, 1.807) is 13.0 Å². The van der Waals surface area contributed by atoms with E-state index in [1.165, 1.54) is 6.07 Å². The molecule has 0 saturated carbocycles. The number of carbonyl (C=O) groups is 1. The third-order valence-electron chi connectivity index (χ3n) is 1.90. The SMILES string of the molecule is Cc1cc(CCC(=O)O)cc(Cl)c1F. The maximum absolute atomic E-state index is 13.1. The molecule has 0 radical (unpaired) electrons. The molecule has 14 heavy (non-hydrogen) atoms. The molecule has 0 atom stereocenters. The molecule has 0 heterocycles. The summed E-state index contributed by atoms with van der Waals surface area (Å²) in [6.45, 7) is 1.60. The zero-order valence-electron chi connectivity index (χ0n) is 7.68. The third-order valence-corrected chi connectivity index (χ3v) is 2.17. The fourth-order valence-corrected chi connectivity index (χ4v) is 1.48. The maximum atomic E-state index is 13.1. The van der Waals surface area contributed by atoms with Gasteiger partial charge in [-0.2, -0.15) is 0 Å². The van der Waals surface area contributed by atoms with Crippen LogP contribution in [-0.2, 0) is 11.2 Å². The minimum absolute atomic E-state index is 0.0292. The molecule has 0 bridgehead atoms. The summed E-state index contributed by atoms with van der Waals surface area (Å²) in [7, 11) is 0. The molecule has 0 aliphatic carbocycles. The van der Waals surface area contributed by atoms with Gasteiger partial charge in [-0.3, -0.25) is 4.79 Å². The number of carboxylic acids is 1. The monoisotopic (exact) mass is 216 g/mol. The molecule has 76 valence electrons. The standard InChI is InChI=1S/C10H10ClFO2/c1-6-4-7(2-3-9(13)14)5-8(11)10(6)12/h4-5H,2-3H2,1H3,(H,13,14). The topological polar surface area (TPSA) is 37.3 Å². The third kappa shape index (κ3) is 2.70. The van der Waals surface area contributed by atoms with Gasteiger partial charge in [0.25, 0.3) is 0 Å². The van der Waals surface area contributed by atoms with Gasteiger partial charge < -0.3 is 5.11 Å². The van der Waals surface area contributed by atoms with Crippen molar-refractivity contribution in [3.8, 4) is 0 Å². The van der Waals surface area contributed by atoms with E-state index in [0.717, 1.165) is 5.56 Å². The van der Waals surface area contributed by atoms with Gasteiger partial charge in [-0.05, 0) is 30.5 Å². The highest BCUT2D eigenvalue weighted by Crippen LogP contribution is 2.20. The second-order valence-corrected chi connectivity index (χ2v) is 3.51. The summed E-state index contributed by atoms with van der Waals surface area (Å²) < 4.78 is 13.1. The summed E-state index contributed by atoms with van der Waals surface area (Å²) in [5.41, 5.74) is 1.19. The lowest BCUT2D eigenvalue weighted by atomic mass is 10.1. The zero-order valence-corrected chi connectivity index (χ0v) is 8.44. The van der Waals surface area contributed by atoms with Gasteiger partial charge in [-0.1, -0.05) is 17.7 Å². The Morgan fingerprint density at radius 1 is 1.57 bits per heavy atom. The van der Waals surface area contributed by atoms with Crippen LogP contribution in [0, 0.1) is 12.7 Å². The smallest absolute Gasteiger partial charge is 0.303 e. The van der Waals surface area contributed by atoms with E-state index in [9.17, 15) is 9.18 Å². The van der Waals surface area contributed by atoms with Crippen LogP contribution in [0.1, 0.15) is 17.5 Å². The van der Waals surface area contributed by atoms with Gasteiger partial charge >= 0.3 is 5.97 Å². The van der Waals surface area contributed by atoms with E-state index in [0.29, 0.717) is 12.0 Å². The Kier molecular flexibility index (Phi) is 3.47. The molecule has 0 amide bonds. The van der Waals surface area contributed by atoms with Crippen molar-refractivity contribution in [1.82, 2.24) is 0 Å². The Hall–Kier alpha value is -1.09. The van der Waals surface area contributed by atoms with Gasteiger partial charge in [0.1, 0.15) is 5.82 Å². The molecule has 0 unspecified atom stereocenters. The second kappa shape index (κ2) is 4.42. The van der Waals surface area contributed by atoms with Crippen LogP contribution < -0.4 is 0 Å². The summed E-state index contributed by atoms with van der Waals surface area (Å²) in [4.78, 5) is 10.3. The number of rotatable bonds is 3. The molecule has 0 aromatic heterocycles. The minimum Gasteiger partial charge on any atom is -0.481 e. The van der Waals surface area contributed by atoms with Crippen LogP contribution in [0.3, 0.4) is 0 Å². The lowest BCUT2D eigenvalue weighted by Crippen LogP contribution is -1.98. The molecule has 0 aliphatic rings. The van der Waals surface area contributed by atoms with Gasteiger partial charge in [0.2, 0.25) is 0 Å². The van der Waals surface area contributed by atoms with Gasteiger partial charge in [-0.15, -0.1) is 0 Å². The number of hydrogen-bond donors (Lipinski definition) is 1. The normalized spacial score (nSPS) is 10.2. The number of benzene rings is 1. The van der Waals surface area contributed by atoms with Gasteiger partial charge in [0, 0.05) is 6.42 Å². The van der Waals surface area contributed by atoms with Gasteiger partial charge in [-0.25, -0.2) is 4.39 Å². The first-order valence-electron chi connectivity index (χ1n) is 4.17. The van der Waals surface area contributed by atoms with Crippen LogP contribution in [0.25, 0.3) is 0 Å². The van der Waals surface area contributed by atoms with Crippen LogP contribution >= 0.6 is 11.6 Å². The minimum atomic E-state index is -0.872. The summed E-state index contributed by atoms with van der Waals surface area (Å²) in [6.07, 6.45) is 0.400. The molecule has 1 aromatic carbocycles. The first-order valence-corrected chi connectivity index (χ1v) is 4.55. The van der Waals surface area contributed by atoms with Crippen LogP contribution in [0.15, 0.2) is 12.1 Å². The molecule has 4 heteroatoms. The summed E-state index contributed by atoms with van der Waals surface area (Å²) in [5, 5.41) is 8.51. The van der Waals surface area contributed by atoms with Crippen molar-refractivity contribution in [3.05, 3.63) is 34.1 Å². The van der Waals surface area contributed by atoms with Crippen LogP contribution in [0.5, 0.6) is 0 Å². The number of hydrogen-bond acceptors (Lipinski definition) is 1. The Labute approximate surface area is 86.3 Å². The Morgan fingerprint density at radius 3 is 2.71 bits per heavy atom. The van der Waals surface area contributed by atoms with Crippen molar-refractivity contribution in [3.63, 3.8) is 0 Å². The van der Waals surface area contributed by atoms with Crippen molar-refractivity contribution in [2.45, 2.75) is 19.8 Å². The predicted octanol–water partition coefficient (Wildman–Crippen LogP) is 2.80. The number of carboxylic acid groups (broad SMARTS) is 1. The van der Waals surface area contributed by atoms with E-state index in [2.05, 4.69) is 0 Å². The fraction of sp³-hybridized carbons (Fsp3) is 0.300. The number of halogens is 2. The van der Waals surface area contributed by atoms with E-state index in [4.69, 9.17) is 16.7 Å². The molecule has 1 rings (SSSR count). The highest BCUT2D eigenvalue weighted by molar-refractivity contribution is 6.30. The van der Waals surface area contributed by atoms with Crippen molar-refractivity contribution in [1.29, 1.82) is 0 Å². The second-order valence-electron chi connectivity index (χ2n) is 3.10. The first-order chi connectivity index (χ1) is 6.50. The quantitative estimate of drug-likeness (QED) is 0.844. The molecule has 0 aliphatic heterocycles. The highest BCUT2D eigenvalue weighted by Gasteiger charge is 2.06. The lowest BCUT2D eigenvalue weighted by molar-refractivity contribution is -0.136. The van der Waals surface area contributed by atoms with E-state index >= 15 is 0 Å². The average molecular weight is 217 g/mol. The van der Waals surface area contributed by atoms with E-state index < -0.39 is 11.8 Å². The van der Waals surface area contributed by atoms with Gasteiger partial charge in [0.15, 0.2) is 0 Å². The fourth-order valence-electron chi connectivity index (χ4n) is 1.19. The Bertz CT molecular complexity index is 340. The number of aliphatic carboxylic acids is 1. The molecule has 1 aromatic rings. The summed E-state index contributed by atoms with van der Waals surface area (Å²) in [6, 6.07) is 3.08. The van der Waals surface area contributed by atoms with Crippen LogP contribution in [-0.4, -0.2) is 11.1 Å². The first kappa shape index (κ1) is 11.0. The van der Waals surface area contributed by atoms with Crippen molar-refractivity contribution >= 4 is 17.6 Å². The summed E-state index contributed by atoms with van der Waals surface area (Å²) >= 11 is 5.61. The van der Waals surface area contributed by atoms with E-state index in [-0.39, 0.29) is 11.4 Å². The lowest BCUT2D eigenvalue weighted by Gasteiger charge is -2.03. The summed E-state index contributed by atoms with van der Waals surface area (Å²) in [5.74, 6) is -1.31. The molecule has 0 saturated heterocycles. The average Bonchev–Trinajstić information content (AvgIpc) is 2.10. The van der Waals surface area contributed by atoms with Crippen LogP contribution in [0.4, 0.5) is 4.39 Å². The Morgan fingerprint density at radius 2 is 2.21 bits per heavy atom. The molecule has 0 spiro atoms. The zero-order chi connectivity index (χ0) is 10.7. The largest absolute Gasteiger partial charge is 0.481 e. The van der Waals surface area contributed by atoms with Gasteiger partial charge in [0.05, 0.1) is 5.02 Å². The molecular weight excluding hydrogens is 207 g/mol. The molecular formula is C10H10ClFO2. The highest BCUT2D eigenvalue weighted by atomic mass is 35.5. The molecule has 2 nitrogen and oxygen atoms in total. The predicted molar refractivity (Wildman–Crippen MR) is 52.1 cm³/mol.